The Balaban J connectivity index is 1.66. The summed E-state index contributed by atoms with van der Waals surface area (Å²) in [7, 11) is 0. The van der Waals surface area contributed by atoms with E-state index in [0.29, 0.717) is 22.6 Å². The third kappa shape index (κ3) is 5.39. The van der Waals surface area contributed by atoms with Crippen LogP contribution in [0.3, 0.4) is 0 Å². The number of amides is 2. The summed E-state index contributed by atoms with van der Waals surface area (Å²) in [6.45, 7) is 0.223. The van der Waals surface area contributed by atoms with Crippen LogP contribution in [-0.4, -0.2) is 16.7 Å². The molecule has 0 bridgehead atoms. The highest BCUT2D eigenvalue weighted by molar-refractivity contribution is 6.07. The molecule has 2 amide bonds. The maximum absolute atomic E-state index is 12.4. The van der Waals surface area contributed by atoms with E-state index in [1.54, 1.807) is 42.5 Å². The number of nitro benzene ring substituents is 1. The lowest BCUT2D eigenvalue weighted by molar-refractivity contribution is -0.384. The molecule has 0 aliphatic heterocycles. The maximum Gasteiger partial charge on any atom is 0.270 e. The summed E-state index contributed by atoms with van der Waals surface area (Å²) in [5.41, 5.74) is 1.10. The Morgan fingerprint density at radius 2 is 1.90 bits per heavy atom. The Labute approximate surface area is 166 Å². The molecule has 0 aliphatic rings. The molecule has 1 heterocycles. The van der Waals surface area contributed by atoms with E-state index < -0.39 is 10.8 Å². The molecule has 0 fully saturated rings. The monoisotopic (exact) mass is 391 g/mol. The van der Waals surface area contributed by atoms with Crippen LogP contribution in [0.2, 0.25) is 0 Å². The van der Waals surface area contributed by atoms with Gasteiger partial charge < -0.3 is 15.1 Å². The van der Waals surface area contributed by atoms with Crippen molar-refractivity contribution in [3.63, 3.8) is 0 Å². The van der Waals surface area contributed by atoms with Gasteiger partial charge >= 0.3 is 0 Å². The van der Waals surface area contributed by atoms with Gasteiger partial charge in [-0.2, -0.15) is 0 Å². The zero-order valence-electron chi connectivity index (χ0n) is 15.2. The summed E-state index contributed by atoms with van der Waals surface area (Å²) in [5.74, 6) is -0.220. The second-order valence-corrected chi connectivity index (χ2v) is 5.98. The average Bonchev–Trinajstić information content (AvgIpc) is 3.25. The maximum atomic E-state index is 12.4. The van der Waals surface area contributed by atoms with Crippen molar-refractivity contribution in [2.75, 3.05) is 5.32 Å². The van der Waals surface area contributed by atoms with E-state index in [1.807, 2.05) is 0 Å². The van der Waals surface area contributed by atoms with Crippen LogP contribution in [0.4, 0.5) is 11.4 Å². The summed E-state index contributed by atoms with van der Waals surface area (Å²) in [6, 6.07) is 16.0. The second kappa shape index (κ2) is 9.14. The molecule has 2 aromatic carbocycles. The minimum absolute atomic E-state index is 0.0638. The fourth-order valence-electron chi connectivity index (χ4n) is 2.55. The highest BCUT2D eigenvalue weighted by atomic mass is 16.6. The van der Waals surface area contributed by atoms with Gasteiger partial charge in [-0.1, -0.05) is 24.3 Å². The van der Waals surface area contributed by atoms with Gasteiger partial charge in [0, 0.05) is 18.2 Å². The molecule has 0 spiro atoms. The van der Waals surface area contributed by atoms with Gasteiger partial charge in [-0.05, 0) is 35.9 Å². The lowest BCUT2D eigenvalue weighted by Crippen LogP contribution is -2.24. The summed E-state index contributed by atoms with van der Waals surface area (Å²) in [5, 5.41) is 16.2. The predicted molar refractivity (Wildman–Crippen MR) is 107 cm³/mol. The molecule has 146 valence electrons. The van der Waals surface area contributed by atoms with Crippen LogP contribution in [0.25, 0.3) is 6.08 Å². The third-order valence-corrected chi connectivity index (χ3v) is 3.94. The number of carbonyl (C=O) groups is 2. The molecule has 29 heavy (non-hydrogen) atoms. The Morgan fingerprint density at radius 1 is 1.07 bits per heavy atom. The van der Waals surface area contributed by atoms with Crippen molar-refractivity contribution in [1.29, 1.82) is 0 Å². The van der Waals surface area contributed by atoms with E-state index in [1.165, 1.54) is 36.6 Å². The van der Waals surface area contributed by atoms with Gasteiger partial charge in [0.25, 0.3) is 11.6 Å². The minimum Gasteiger partial charge on any atom is -0.467 e. The zero-order chi connectivity index (χ0) is 20.6. The van der Waals surface area contributed by atoms with Gasteiger partial charge in [0.1, 0.15) is 5.76 Å². The molecular weight excluding hydrogens is 374 g/mol. The molecule has 3 rings (SSSR count). The first-order valence-corrected chi connectivity index (χ1v) is 8.66. The highest BCUT2D eigenvalue weighted by Crippen LogP contribution is 2.17. The van der Waals surface area contributed by atoms with E-state index in [0.717, 1.165) is 0 Å². The molecule has 0 radical (unpaired) electrons. The van der Waals surface area contributed by atoms with Crippen LogP contribution < -0.4 is 10.6 Å². The van der Waals surface area contributed by atoms with Crippen LogP contribution >= 0.6 is 0 Å². The highest BCUT2D eigenvalue weighted by Gasteiger charge is 2.12. The van der Waals surface area contributed by atoms with Crippen LogP contribution in [0.5, 0.6) is 0 Å². The van der Waals surface area contributed by atoms with Gasteiger partial charge in [0.2, 0.25) is 5.91 Å². The van der Waals surface area contributed by atoms with Crippen LogP contribution in [0.1, 0.15) is 21.7 Å². The van der Waals surface area contributed by atoms with Crippen molar-refractivity contribution in [1.82, 2.24) is 5.32 Å². The Morgan fingerprint density at radius 3 is 2.66 bits per heavy atom. The van der Waals surface area contributed by atoms with Crippen molar-refractivity contribution in [2.45, 2.75) is 6.54 Å². The first-order chi connectivity index (χ1) is 14.0. The number of nitrogens with zero attached hydrogens (tertiary/aromatic N) is 1. The first kappa shape index (κ1) is 19.6. The van der Waals surface area contributed by atoms with Crippen LogP contribution in [0.15, 0.2) is 77.4 Å². The molecule has 0 aliphatic carbocycles. The number of benzene rings is 2. The lowest BCUT2D eigenvalue weighted by atomic mass is 10.1. The molecular formula is C21H17N3O5. The summed E-state index contributed by atoms with van der Waals surface area (Å²) in [4.78, 5) is 35.0. The summed E-state index contributed by atoms with van der Waals surface area (Å²) in [6.07, 6.45) is 4.22. The van der Waals surface area contributed by atoms with Crippen molar-refractivity contribution < 1.29 is 18.9 Å². The fourth-order valence-corrected chi connectivity index (χ4v) is 2.55. The number of nitro groups is 1. The van der Waals surface area contributed by atoms with E-state index in [2.05, 4.69) is 10.6 Å². The van der Waals surface area contributed by atoms with Gasteiger partial charge in [-0.3, -0.25) is 19.7 Å². The molecule has 0 saturated heterocycles. The van der Waals surface area contributed by atoms with Crippen molar-refractivity contribution in [3.8, 4) is 0 Å². The van der Waals surface area contributed by atoms with Gasteiger partial charge in [0.15, 0.2) is 0 Å². The molecule has 8 heteroatoms. The normalized spacial score (nSPS) is 10.6. The quantitative estimate of drug-likeness (QED) is 0.361. The number of hydrogen-bond acceptors (Lipinski definition) is 5. The molecule has 3 aromatic rings. The van der Waals surface area contributed by atoms with Gasteiger partial charge in [0.05, 0.1) is 29.0 Å². The van der Waals surface area contributed by atoms with Crippen molar-refractivity contribution >= 4 is 29.3 Å². The molecule has 8 nitrogen and oxygen atoms in total. The summed E-state index contributed by atoms with van der Waals surface area (Å²) >= 11 is 0. The Bertz CT molecular complexity index is 1060. The molecule has 2 N–H and O–H groups in total. The minimum atomic E-state index is -0.505. The van der Waals surface area contributed by atoms with E-state index >= 15 is 0 Å². The Hall–Kier alpha value is -4.20. The lowest BCUT2D eigenvalue weighted by Gasteiger charge is -2.10. The number of carbonyl (C=O) groups excluding carboxylic acids is 2. The SMILES string of the molecule is O=C(/C=C\c1cccc([N+](=O)[O-])c1)Nc1ccccc1C(=O)NCc1ccco1. The fraction of sp³-hybridized carbons (Fsp3) is 0.0476. The smallest absolute Gasteiger partial charge is 0.270 e. The number of rotatable bonds is 7. The molecule has 0 atom stereocenters. The van der Waals surface area contributed by atoms with Crippen molar-refractivity contribution in [2.24, 2.45) is 0 Å². The largest absolute Gasteiger partial charge is 0.467 e. The predicted octanol–water partition coefficient (Wildman–Crippen LogP) is 3.77. The number of hydrogen-bond donors (Lipinski definition) is 2. The zero-order valence-corrected chi connectivity index (χ0v) is 15.2. The standard InChI is InChI=1S/C21H17N3O5/c25-20(11-10-15-5-3-6-16(13-15)24(27)28)23-19-9-2-1-8-18(19)21(26)22-14-17-7-4-12-29-17/h1-13H,14H2,(H,22,26)(H,23,25)/b11-10-. The van der Waals surface area contributed by atoms with E-state index in [9.17, 15) is 19.7 Å². The first-order valence-electron chi connectivity index (χ1n) is 8.66. The second-order valence-electron chi connectivity index (χ2n) is 5.98. The van der Waals surface area contributed by atoms with Crippen LogP contribution in [0, 0.1) is 10.1 Å². The molecule has 1 aromatic heterocycles. The third-order valence-electron chi connectivity index (χ3n) is 3.94. The number of nitrogens with one attached hydrogen (secondary N) is 2. The Kier molecular flexibility index (Phi) is 6.16. The number of anilines is 1. The van der Waals surface area contributed by atoms with Crippen molar-refractivity contribution in [3.05, 3.63) is 100 Å². The van der Waals surface area contributed by atoms with Gasteiger partial charge in [-0.25, -0.2) is 0 Å². The van der Waals surface area contributed by atoms with Crippen LogP contribution in [-0.2, 0) is 11.3 Å². The average molecular weight is 391 g/mol. The number of non-ortho nitro benzene ring substituents is 1. The van der Waals surface area contributed by atoms with E-state index in [-0.39, 0.29) is 18.1 Å². The number of furan rings is 1. The topological polar surface area (TPSA) is 114 Å². The van der Waals surface area contributed by atoms with E-state index in [4.69, 9.17) is 4.42 Å². The summed E-state index contributed by atoms with van der Waals surface area (Å²) < 4.78 is 5.18. The van der Waals surface area contributed by atoms with Gasteiger partial charge in [-0.15, -0.1) is 0 Å². The number of para-hydroxylation sites is 1. The molecule has 0 saturated carbocycles. The molecule has 0 unspecified atom stereocenters.